The summed E-state index contributed by atoms with van der Waals surface area (Å²) in [6, 6.07) is 11.9. The molecule has 0 radical (unpaired) electrons. The number of imidazole rings is 1. The van der Waals surface area contributed by atoms with Gasteiger partial charge >= 0.3 is 18.1 Å². The second-order valence-corrected chi connectivity index (χ2v) is 8.52. The van der Waals surface area contributed by atoms with Gasteiger partial charge in [-0.05, 0) is 41.8 Å². The molecule has 194 valence electrons. The van der Waals surface area contributed by atoms with Crippen molar-refractivity contribution < 1.29 is 32.2 Å². The Morgan fingerprint density at radius 3 is 2.59 bits per heavy atom. The third kappa shape index (κ3) is 6.82. The topological polar surface area (TPSA) is 109 Å². The average molecular weight is 535 g/mol. The SMILES string of the molecule is O=C(CC(c1ccc(Cl)cc1)c1c[nH]c2cc(OCCCNc3ncc[nH]3)ccc12)OC(=O)C(F)(F)F. The molecule has 0 spiro atoms. The van der Waals surface area contributed by atoms with Crippen LogP contribution in [-0.2, 0) is 14.3 Å². The number of halogens is 4. The van der Waals surface area contributed by atoms with E-state index in [1.165, 1.54) is 0 Å². The normalized spacial score (nSPS) is 12.3. The number of carbonyl (C=O) groups excluding carboxylic acids is 2. The Labute approximate surface area is 214 Å². The van der Waals surface area contributed by atoms with Crippen molar-refractivity contribution in [1.82, 2.24) is 15.0 Å². The van der Waals surface area contributed by atoms with E-state index in [0.717, 1.165) is 11.8 Å². The number of fused-ring (bicyclic) bond motifs is 1. The maximum Gasteiger partial charge on any atom is 0.491 e. The number of alkyl halides is 3. The van der Waals surface area contributed by atoms with Crippen LogP contribution in [0, 0.1) is 0 Å². The smallest absolute Gasteiger partial charge is 0.491 e. The molecule has 4 aromatic rings. The maximum atomic E-state index is 12.6. The van der Waals surface area contributed by atoms with Crippen molar-refractivity contribution in [2.75, 3.05) is 18.5 Å². The molecule has 2 aromatic heterocycles. The Morgan fingerprint density at radius 2 is 1.89 bits per heavy atom. The molecule has 0 aliphatic rings. The zero-order chi connectivity index (χ0) is 26.4. The molecule has 0 aliphatic carbocycles. The van der Waals surface area contributed by atoms with E-state index in [1.54, 1.807) is 61.1 Å². The van der Waals surface area contributed by atoms with Crippen LogP contribution in [0.4, 0.5) is 19.1 Å². The molecule has 2 heterocycles. The summed E-state index contributed by atoms with van der Waals surface area (Å²) in [6.45, 7) is 1.12. The van der Waals surface area contributed by atoms with Crippen molar-refractivity contribution in [2.24, 2.45) is 0 Å². The molecule has 1 unspecified atom stereocenters. The van der Waals surface area contributed by atoms with Crippen molar-refractivity contribution >= 4 is 40.4 Å². The fourth-order valence-corrected chi connectivity index (χ4v) is 3.93. The summed E-state index contributed by atoms with van der Waals surface area (Å²) in [4.78, 5) is 33.6. The van der Waals surface area contributed by atoms with Crippen LogP contribution in [0.25, 0.3) is 10.9 Å². The van der Waals surface area contributed by atoms with Gasteiger partial charge in [-0.3, -0.25) is 4.79 Å². The number of benzene rings is 2. The minimum absolute atomic E-state index is 0.456. The molecule has 8 nitrogen and oxygen atoms in total. The van der Waals surface area contributed by atoms with Crippen LogP contribution in [0.1, 0.15) is 29.9 Å². The molecule has 1 atom stereocenters. The summed E-state index contributed by atoms with van der Waals surface area (Å²) in [5.74, 6) is -3.23. The van der Waals surface area contributed by atoms with Crippen molar-refractivity contribution in [1.29, 1.82) is 0 Å². The first-order valence-corrected chi connectivity index (χ1v) is 11.6. The number of carbonyl (C=O) groups is 2. The van der Waals surface area contributed by atoms with E-state index in [9.17, 15) is 22.8 Å². The number of anilines is 1. The van der Waals surface area contributed by atoms with Gasteiger partial charge in [0.15, 0.2) is 5.95 Å². The molecular weight excluding hydrogens is 513 g/mol. The summed E-state index contributed by atoms with van der Waals surface area (Å²) in [5, 5.41) is 4.32. The van der Waals surface area contributed by atoms with Crippen LogP contribution < -0.4 is 10.1 Å². The highest BCUT2D eigenvalue weighted by atomic mass is 35.5. The molecule has 37 heavy (non-hydrogen) atoms. The molecule has 0 aliphatic heterocycles. The second-order valence-electron chi connectivity index (χ2n) is 8.09. The van der Waals surface area contributed by atoms with Crippen LogP contribution in [-0.4, -0.2) is 46.2 Å². The highest BCUT2D eigenvalue weighted by Crippen LogP contribution is 2.35. The van der Waals surface area contributed by atoms with Gasteiger partial charge in [-0.2, -0.15) is 13.2 Å². The van der Waals surface area contributed by atoms with Crippen LogP contribution in [0.15, 0.2) is 61.1 Å². The fourth-order valence-electron chi connectivity index (χ4n) is 3.81. The largest absolute Gasteiger partial charge is 0.493 e. The van der Waals surface area contributed by atoms with Crippen LogP contribution >= 0.6 is 11.6 Å². The quantitative estimate of drug-likeness (QED) is 0.139. The van der Waals surface area contributed by atoms with Crippen LogP contribution in [0.5, 0.6) is 5.75 Å². The van der Waals surface area contributed by atoms with E-state index in [1.807, 2.05) is 0 Å². The van der Waals surface area contributed by atoms with Gasteiger partial charge in [0.05, 0.1) is 13.0 Å². The zero-order valence-corrected chi connectivity index (χ0v) is 20.0. The van der Waals surface area contributed by atoms with E-state index < -0.39 is 30.5 Å². The van der Waals surface area contributed by atoms with Crippen molar-refractivity contribution in [2.45, 2.75) is 24.9 Å². The molecule has 0 bridgehead atoms. The Kier molecular flexibility index (Phi) is 8.02. The number of aromatic nitrogens is 3. The number of nitrogens with one attached hydrogen (secondary N) is 3. The summed E-state index contributed by atoms with van der Waals surface area (Å²) < 4.78 is 47.5. The van der Waals surface area contributed by atoms with E-state index in [0.29, 0.717) is 46.5 Å². The van der Waals surface area contributed by atoms with Gasteiger partial charge in [-0.1, -0.05) is 23.7 Å². The minimum Gasteiger partial charge on any atom is -0.493 e. The molecule has 3 N–H and O–H groups in total. The van der Waals surface area contributed by atoms with Crippen LogP contribution in [0.2, 0.25) is 5.02 Å². The molecule has 12 heteroatoms. The maximum absolute atomic E-state index is 12.6. The lowest BCUT2D eigenvalue weighted by molar-refractivity contribution is -0.201. The summed E-state index contributed by atoms with van der Waals surface area (Å²) in [5.41, 5.74) is 1.97. The van der Waals surface area contributed by atoms with Gasteiger partial charge in [0.25, 0.3) is 0 Å². The lowest BCUT2D eigenvalue weighted by Crippen LogP contribution is -2.28. The Balaban J connectivity index is 1.48. The fraction of sp³-hybridized carbons (Fsp3) is 0.240. The highest BCUT2D eigenvalue weighted by Gasteiger charge is 2.42. The summed E-state index contributed by atoms with van der Waals surface area (Å²) in [7, 11) is 0. The van der Waals surface area contributed by atoms with Crippen molar-refractivity contribution in [3.63, 3.8) is 0 Å². The van der Waals surface area contributed by atoms with Gasteiger partial charge in [0.2, 0.25) is 0 Å². The number of hydrogen-bond donors (Lipinski definition) is 3. The number of H-pyrrole nitrogens is 2. The minimum atomic E-state index is -5.27. The second kappa shape index (κ2) is 11.4. The van der Waals surface area contributed by atoms with E-state index in [-0.39, 0.29) is 0 Å². The summed E-state index contributed by atoms with van der Waals surface area (Å²) >= 11 is 5.98. The monoisotopic (exact) mass is 534 g/mol. The lowest BCUT2D eigenvalue weighted by Gasteiger charge is -2.17. The van der Waals surface area contributed by atoms with E-state index in [4.69, 9.17) is 16.3 Å². The van der Waals surface area contributed by atoms with E-state index in [2.05, 4.69) is 25.0 Å². The molecule has 4 rings (SSSR count). The summed E-state index contributed by atoms with van der Waals surface area (Å²) in [6.07, 6.45) is 0.0169. The number of hydrogen-bond acceptors (Lipinski definition) is 6. The molecular formula is C25H22ClF3N4O4. The number of nitrogens with zero attached hydrogens (tertiary/aromatic N) is 1. The van der Waals surface area contributed by atoms with Gasteiger partial charge < -0.3 is 24.8 Å². The van der Waals surface area contributed by atoms with Crippen molar-refractivity contribution in [3.8, 4) is 5.75 Å². The van der Waals surface area contributed by atoms with Gasteiger partial charge in [0, 0.05) is 53.0 Å². The van der Waals surface area contributed by atoms with Crippen LogP contribution in [0.3, 0.4) is 0 Å². The standard InChI is InChI=1S/C25H22ClF3N4O4/c26-16-4-2-15(3-5-16)19(13-22(34)37-23(35)25(27,28)29)20-14-33-21-12-17(6-7-18(20)21)36-11-1-8-30-24-31-9-10-32-24/h2-7,9-10,12,14,19,33H,1,8,11,13H2,(H2,30,31,32). The first-order valence-electron chi connectivity index (χ1n) is 11.2. The number of rotatable bonds is 10. The Morgan fingerprint density at radius 1 is 1.11 bits per heavy atom. The van der Waals surface area contributed by atoms with E-state index >= 15 is 0 Å². The first-order chi connectivity index (χ1) is 17.7. The number of aromatic amines is 2. The Bertz CT molecular complexity index is 1350. The Hall–Kier alpha value is -3.99. The average Bonchev–Trinajstić information content (AvgIpc) is 3.52. The molecule has 2 aromatic carbocycles. The number of ether oxygens (including phenoxy) is 2. The predicted molar refractivity (Wildman–Crippen MR) is 131 cm³/mol. The molecule has 0 fully saturated rings. The third-order valence-corrected chi connectivity index (χ3v) is 5.77. The lowest BCUT2D eigenvalue weighted by atomic mass is 9.88. The van der Waals surface area contributed by atoms with Crippen molar-refractivity contribution in [3.05, 3.63) is 77.2 Å². The first kappa shape index (κ1) is 26.1. The molecule has 0 saturated carbocycles. The van der Waals surface area contributed by atoms with Gasteiger partial charge in [-0.25, -0.2) is 9.78 Å². The van der Waals surface area contributed by atoms with Gasteiger partial charge in [0.1, 0.15) is 5.75 Å². The zero-order valence-electron chi connectivity index (χ0n) is 19.3. The van der Waals surface area contributed by atoms with Gasteiger partial charge in [-0.15, -0.1) is 0 Å². The molecule has 0 amide bonds. The highest BCUT2D eigenvalue weighted by molar-refractivity contribution is 6.30. The molecule has 0 saturated heterocycles. The predicted octanol–water partition coefficient (Wildman–Crippen LogP) is 5.58. The number of esters is 2. The third-order valence-electron chi connectivity index (χ3n) is 5.52.